The molecule has 490 valence electrons. The second kappa shape index (κ2) is 33.9. The smallest absolute Gasteiger partial charge is 0.248 e. The zero-order valence-corrected chi connectivity index (χ0v) is 52.1. The van der Waals surface area contributed by atoms with Crippen molar-refractivity contribution in [2.24, 2.45) is 23.5 Å². The van der Waals surface area contributed by atoms with Crippen molar-refractivity contribution in [2.45, 2.75) is 214 Å². The summed E-state index contributed by atoms with van der Waals surface area (Å²) in [6.45, 7) is 8.87. The van der Waals surface area contributed by atoms with E-state index < -0.39 is 170 Å². The van der Waals surface area contributed by atoms with E-state index in [0.29, 0.717) is 41.1 Å². The maximum Gasteiger partial charge on any atom is 0.248 e. The second-order valence-corrected chi connectivity index (χ2v) is 25.6. The van der Waals surface area contributed by atoms with Crippen LogP contribution in [0.2, 0.25) is 0 Å². The van der Waals surface area contributed by atoms with Crippen molar-refractivity contribution in [1.82, 2.24) is 31.1 Å². The molecule has 0 aromatic heterocycles. The summed E-state index contributed by atoms with van der Waals surface area (Å²) in [5.74, 6) is -8.79. The van der Waals surface area contributed by atoms with Gasteiger partial charge in [0.25, 0.3) is 0 Å². The van der Waals surface area contributed by atoms with Crippen molar-refractivity contribution in [3.8, 4) is 17.2 Å². The highest BCUT2D eigenvalue weighted by molar-refractivity contribution is 8.00. The van der Waals surface area contributed by atoms with E-state index in [1.165, 1.54) is 18.6 Å². The van der Waals surface area contributed by atoms with Gasteiger partial charge in [0.15, 0.2) is 5.78 Å². The molecule has 3 fully saturated rings. The number of Topliss-reactive ketones (excluding diaryl/α,β-unsaturated/α-hetero) is 1. The number of nitrogens with two attached hydrogens (primary N) is 1. The minimum Gasteiger partial charge on any atom is -0.508 e. The Labute approximate surface area is 523 Å². The lowest BCUT2D eigenvalue weighted by Gasteiger charge is -2.34. The van der Waals surface area contributed by atoms with Crippen LogP contribution in [-0.2, 0) is 38.4 Å². The number of ether oxygens (including phenoxy) is 1. The number of carbonyl (C=O) groups is 8. The van der Waals surface area contributed by atoms with Crippen LogP contribution in [0.3, 0.4) is 0 Å². The molecule has 24 nitrogen and oxygen atoms in total. The van der Waals surface area contributed by atoms with Crippen LogP contribution in [0.1, 0.15) is 141 Å². The van der Waals surface area contributed by atoms with Gasteiger partial charge in [0.1, 0.15) is 52.9 Å². The summed E-state index contributed by atoms with van der Waals surface area (Å²) in [5, 5.41) is 99.8. The maximum atomic E-state index is 14.9. The lowest BCUT2D eigenvalue weighted by molar-refractivity contribution is -0.149. The number of aromatic hydroxyl groups is 1. The fourth-order valence-electron chi connectivity index (χ4n) is 11.6. The fraction of sp³-hybridized carbons (Fsp3) is 0.594. The molecule has 3 aromatic rings. The van der Waals surface area contributed by atoms with E-state index in [1.807, 2.05) is 19.1 Å². The molecule has 7 amide bonds. The molecule has 3 aliphatic rings. The number of ketones is 1. The van der Waals surface area contributed by atoms with Gasteiger partial charge in [-0.25, -0.2) is 0 Å². The number of unbranched alkanes of at least 4 members (excludes halogenated alkanes) is 5. The monoisotopic (exact) mass is 1260 g/mol. The fourth-order valence-corrected chi connectivity index (χ4v) is 12.7. The van der Waals surface area contributed by atoms with Crippen LogP contribution in [0.4, 0.5) is 0 Å². The van der Waals surface area contributed by atoms with E-state index in [2.05, 4.69) is 42.0 Å². The van der Waals surface area contributed by atoms with E-state index in [0.717, 1.165) is 84.7 Å². The molecule has 0 aliphatic carbocycles. The van der Waals surface area contributed by atoms with Crippen LogP contribution < -0.4 is 31.7 Å². The van der Waals surface area contributed by atoms with Crippen LogP contribution in [0.15, 0.2) is 77.7 Å². The summed E-state index contributed by atoms with van der Waals surface area (Å²) >= 11 is 0.867. The molecule has 0 bridgehead atoms. The van der Waals surface area contributed by atoms with E-state index in [4.69, 9.17) is 10.5 Å². The molecule has 6 rings (SSSR count). The molecule has 3 aromatic carbocycles. The van der Waals surface area contributed by atoms with Gasteiger partial charge in [-0.3, -0.25) is 38.4 Å². The third-order valence-electron chi connectivity index (χ3n) is 16.9. The molecule has 3 aliphatic heterocycles. The van der Waals surface area contributed by atoms with Crippen LogP contribution in [0.5, 0.6) is 17.2 Å². The van der Waals surface area contributed by atoms with Gasteiger partial charge in [-0.2, -0.15) is 0 Å². The molecule has 16 atom stereocenters. The zero-order valence-electron chi connectivity index (χ0n) is 51.3. The summed E-state index contributed by atoms with van der Waals surface area (Å²) in [4.78, 5) is 117. The average Bonchev–Trinajstić information content (AvgIpc) is 2.15. The summed E-state index contributed by atoms with van der Waals surface area (Å²) in [7, 11) is 0. The Morgan fingerprint density at radius 1 is 0.730 bits per heavy atom. The van der Waals surface area contributed by atoms with E-state index in [9.17, 15) is 79.2 Å². The third kappa shape index (κ3) is 20.7. The minimum absolute atomic E-state index is 0.0520. The van der Waals surface area contributed by atoms with Crippen LogP contribution >= 0.6 is 11.8 Å². The highest BCUT2D eigenvalue weighted by Crippen LogP contribution is 2.33. The van der Waals surface area contributed by atoms with Gasteiger partial charge in [0, 0.05) is 43.7 Å². The predicted octanol–water partition coefficient (Wildman–Crippen LogP) is 2.65. The van der Waals surface area contributed by atoms with Crippen LogP contribution in [0, 0.1) is 24.7 Å². The van der Waals surface area contributed by atoms with Crippen molar-refractivity contribution >= 4 is 58.9 Å². The number of thioether (sulfide) groups is 1. The SMILES string of the molecule is CCC(C)CC(C)CCCCCCCCC(=O)N[C@H]1C[C@@H](O)[C@@H](Sc2ccc(Oc3ccc(C)cc3)cc2)NC(=O)[C@@H]2[C@@H](O)CCN2C(=O)[C@H]([C@H](O)CC(N)=O)NC(=O)[C@H]([C@H](O)[C@@H](O)c2ccc(O)cc2)CC(=O)[C@@H]2C[C@@H](O)CN2C(=O)[C@H]([C@@H](C)O)NC1=O. The molecule has 0 spiro atoms. The Balaban J connectivity index is 1.38. The average molecular weight is 1260 g/mol. The second-order valence-electron chi connectivity index (χ2n) is 24.4. The van der Waals surface area contributed by atoms with Gasteiger partial charge in [0.2, 0.25) is 41.4 Å². The van der Waals surface area contributed by atoms with Gasteiger partial charge in [-0.05, 0) is 99.0 Å². The van der Waals surface area contributed by atoms with Crippen molar-refractivity contribution in [2.75, 3.05) is 13.1 Å². The Kier molecular flexibility index (Phi) is 27.2. The number of primary amides is 1. The van der Waals surface area contributed by atoms with E-state index in [1.54, 1.807) is 36.4 Å². The van der Waals surface area contributed by atoms with Gasteiger partial charge in [-0.1, -0.05) is 107 Å². The van der Waals surface area contributed by atoms with Gasteiger partial charge >= 0.3 is 0 Å². The Morgan fingerprint density at radius 2 is 1.34 bits per heavy atom. The number of aryl methyl sites for hydroxylation is 1. The topological polar surface area (TPSA) is 388 Å². The van der Waals surface area contributed by atoms with Gasteiger partial charge < -0.3 is 82.4 Å². The van der Waals surface area contributed by atoms with Crippen LogP contribution in [-0.4, -0.2) is 183 Å². The summed E-state index contributed by atoms with van der Waals surface area (Å²) in [6, 6.07) is 9.21. The van der Waals surface area contributed by atoms with Crippen molar-refractivity contribution in [1.29, 1.82) is 0 Å². The number of aliphatic hydroxyl groups excluding tert-OH is 7. The Hall–Kier alpha value is -6.71. The number of nitrogens with zero attached hydrogens (tertiary/aromatic N) is 2. The summed E-state index contributed by atoms with van der Waals surface area (Å²) < 4.78 is 6.02. The van der Waals surface area contributed by atoms with Gasteiger partial charge in [-0.15, -0.1) is 0 Å². The molecular formula is C64H91N7O17S. The number of phenols is 1. The van der Waals surface area contributed by atoms with Crippen molar-refractivity contribution in [3.05, 3.63) is 83.9 Å². The molecule has 0 radical (unpaired) electrons. The molecular weight excluding hydrogens is 1170 g/mol. The number of amides is 7. The third-order valence-corrected chi connectivity index (χ3v) is 18.2. The number of rotatable bonds is 24. The lowest BCUT2D eigenvalue weighted by atomic mass is 9.86. The number of benzene rings is 3. The first-order chi connectivity index (χ1) is 42.2. The standard InChI is InChI=1S/C64H91N7O17S/c1-6-35(2)29-37(4)13-11-9-7-8-10-12-14-53(80)66-46-32-51(78)62(89-44-25-23-43(24-26-44)88-42-21-15-36(3)16-22-42)69-61(85)56-48(75)27-28-70(56)64(87)55(50(77)33-52(65)79)68-59(83)45(58(82)57(81)39-17-19-40(73)20-18-39)31-49(76)47-30-41(74)34-71(47)63(86)54(38(5)72)67-60(46)84/h15-26,35,37-38,41,45-48,50-51,54-58,62,72-75,77-78,81-82H,6-14,27-34H2,1-5H3,(H2,65,79)(H,66,80)(H,67,84)(H,68,83)(H,69,85)/t35?,37?,38-,41-,45+,46+,47+,48+,50-,51-,54+,55+,56+,57+,58+,62-/m1/s1. The number of nitrogens with one attached hydrogen (secondary N) is 4. The molecule has 25 heteroatoms. The van der Waals surface area contributed by atoms with Crippen LogP contribution in [0.25, 0.3) is 0 Å². The molecule has 3 heterocycles. The van der Waals surface area contributed by atoms with Crippen molar-refractivity contribution in [3.63, 3.8) is 0 Å². The number of phenolic OH excluding ortho intramolecular Hbond substituents is 1. The van der Waals surface area contributed by atoms with E-state index >= 15 is 0 Å². The number of hydrogen-bond donors (Lipinski definition) is 13. The predicted molar refractivity (Wildman–Crippen MR) is 328 cm³/mol. The molecule has 89 heavy (non-hydrogen) atoms. The largest absolute Gasteiger partial charge is 0.508 e. The van der Waals surface area contributed by atoms with Gasteiger partial charge in [0.05, 0.1) is 55.0 Å². The highest BCUT2D eigenvalue weighted by Gasteiger charge is 2.49. The van der Waals surface area contributed by atoms with E-state index in [-0.39, 0.29) is 24.2 Å². The quantitative estimate of drug-likeness (QED) is 0.0573. The molecule has 3 saturated heterocycles. The number of aliphatic hydroxyl groups is 7. The molecule has 0 saturated carbocycles. The normalized spacial score (nSPS) is 26.3. The maximum absolute atomic E-state index is 14.9. The number of carbonyl (C=O) groups excluding carboxylic acids is 8. The Bertz CT molecular complexity index is 2850. The first kappa shape index (κ1) is 71.4. The molecule has 2 unspecified atom stereocenters. The lowest BCUT2D eigenvalue weighted by Crippen LogP contribution is -2.61. The summed E-state index contributed by atoms with van der Waals surface area (Å²) in [5.41, 5.74) is 6.41. The van der Waals surface area contributed by atoms with Crippen molar-refractivity contribution < 1.29 is 83.9 Å². The number of hydrogen-bond acceptors (Lipinski definition) is 18. The number of fused-ring (bicyclic) bond motifs is 2. The minimum atomic E-state index is -2.26. The first-order valence-electron chi connectivity index (χ1n) is 30.9. The summed E-state index contributed by atoms with van der Waals surface area (Å²) in [6.07, 6.45) is -7.96. The zero-order chi connectivity index (χ0) is 65.2. The first-order valence-corrected chi connectivity index (χ1v) is 31.8. The highest BCUT2D eigenvalue weighted by atomic mass is 32.2. The molecule has 14 N–H and O–H groups in total. The Morgan fingerprint density at radius 3 is 1.97 bits per heavy atom.